The lowest BCUT2D eigenvalue weighted by atomic mass is 9.98. The lowest BCUT2D eigenvalue weighted by molar-refractivity contribution is -0.129. The molecule has 0 heterocycles. The highest BCUT2D eigenvalue weighted by atomic mass is 16.5. The summed E-state index contributed by atoms with van der Waals surface area (Å²) in [5, 5.41) is 2.96. The van der Waals surface area contributed by atoms with E-state index in [1.165, 1.54) is 31.2 Å². The lowest BCUT2D eigenvalue weighted by Crippen LogP contribution is -2.38. The van der Waals surface area contributed by atoms with E-state index in [1.807, 2.05) is 60.7 Å². The van der Waals surface area contributed by atoms with Crippen LogP contribution >= 0.6 is 0 Å². The second-order valence-corrected chi connectivity index (χ2v) is 6.55. The van der Waals surface area contributed by atoms with Crippen LogP contribution in [0.5, 0.6) is 0 Å². The minimum atomic E-state index is -0.983. The van der Waals surface area contributed by atoms with Crippen LogP contribution in [0.4, 0.5) is 0 Å². The monoisotopic (exact) mass is 387 g/mol. The number of aldehydes is 1. The second-order valence-electron chi connectivity index (χ2n) is 6.55. The van der Waals surface area contributed by atoms with Crippen LogP contribution in [0.2, 0.25) is 0 Å². The predicted molar refractivity (Wildman–Crippen MR) is 110 cm³/mol. The number of benzene rings is 3. The van der Waals surface area contributed by atoms with Gasteiger partial charge in [0.25, 0.3) is 5.91 Å². The van der Waals surface area contributed by atoms with Crippen molar-refractivity contribution in [3.8, 4) is 0 Å². The van der Waals surface area contributed by atoms with Crippen molar-refractivity contribution in [2.24, 2.45) is 0 Å². The van der Waals surface area contributed by atoms with Gasteiger partial charge in [-0.15, -0.1) is 0 Å². The average Bonchev–Trinajstić information content (AvgIpc) is 2.78. The van der Waals surface area contributed by atoms with Gasteiger partial charge in [0, 0.05) is 5.56 Å². The summed E-state index contributed by atoms with van der Waals surface area (Å²) < 4.78 is 5.31. The topological polar surface area (TPSA) is 72.5 Å². The molecule has 0 saturated heterocycles. The van der Waals surface area contributed by atoms with Gasteiger partial charge in [-0.1, -0.05) is 72.8 Å². The van der Waals surface area contributed by atoms with E-state index < -0.39 is 18.0 Å². The number of carbonyl (C=O) groups is 3. The van der Waals surface area contributed by atoms with Crippen molar-refractivity contribution >= 4 is 18.2 Å². The fourth-order valence-electron chi connectivity index (χ4n) is 2.89. The Labute approximate surface area is 169 Å². The van der Waals surface area contributed by atoms with E-state index in [0.29, 0.717) is 11.8 Å². The molecule has 0 spiro atoms. The van der Waals surface area contributed by atoms with Gasteiger partial charge in [0.1, 0.15) is 6.29 Å². The minimum absolute atomic E-state index is 0.276. The lowest BCUT2D eigenvalue weighted by Gasteiger charge is -2.22. The van der Waals surface area contributed by atoms with E-state index in [1.54, 1.807) is 0 Å². The van der Waals surface area contributed by atoms with Crippen LogP contribution in [0.15, 0.2) is 84.9 Å². The molecule has 1 atom stereocenters. The first-order valence-electron chi connectivity index (χ1n) is 9.25. The molecule has 0 aliphatic heterocycles. The van der Waals surface area contributed by atoms with Gasteiger partial charge < -0.3 is 10.1 Å². The Morgan fingerprint density at radius 1 is 0.828 bits per heavy atom. The third-order valence-corrected chi connectivity index (χ3v) is 4.49. The molecule has 0 saturated carbocycles. The van der Waals surface area contributed by atoms with E-state index in [9.17, 15) is 14.4 Å². The summed E-state index contributed by atoms with van der Waals surface area (Å²) in [4.78, 5) is 35.7. The average molecular weight is 387 g/mol. The zero-order valence-corrected chi connectivity index (χ0v) is 15.9. The fourth-order valence-corrected chi connectivity index (χ4v) is 2.89. The fraction of sp³-hybridized carbons (Fsp3) is 0.125. The van der Waals surface area contributed by atoms with Gasteiger partial charge in [0.2, 0.25) is 0 Å². The summed E-state index contributed by atoms with van der Waals surface area (Å²) in [7, 11) is 0. The maximum atomic E-state index is 12.7. The quantitative estimate of drug-likeness (QED) is 0.492. The molecule has 1 N–H and O–H groups in total. The predicted octanol–water partition coefficient (Wildman–Crippen LogP) is 3.95. The molecule has 1 amide bonds. The van der Waals surface area contributed by atoms with Gasteiger partial charge in [0.15, 0.2) is 6.10 Å². The van der Waals surface area contributed by atoms with Crippen molar-refractivity contribution in [1.82, 2.24) is 5.32 Å². The molecule has 0 bridgehead atoms. The molecular formula is C24H21NO4. The van der Waals surface area contributed by atoms with Crippen molar-refractivity contribution in [1.29, 1.82) is 0 Å². The highest BCUT2D eigenvalue weighted by Gasteiger charge is 2.23. The maximum absolute atomic E-state index is 12.7. The smallest absolute Gasteiger partial charge is 0.338 e. The van der Waals surface area contributed by atoms with E-state index >= 15 is 0 Å². The molecule has 146 valence electrons. The molecule has 3 aromatic carbocycles. The largest absolute Gasteiger partial charge is 0.449 e. The third kappa shape index (κ3) is 5.17. The van der Waals surface area contributed by atoms with E-state index in [2.05, 4.69) is 5.32 Å². The van der Waals surface area contributed by atoms with Crippen LogP contribution in [0.25, 0.3) is 0 Å². The molecule has 0 aliphatic carbocycles. The van der Waals surface area contributed by atoms with Crippen molar-refractivity contribution in [2.75, 3.05) is 0 Å². The number of ether oxygens (including phenoxy) is 1. The normalized spacial score (nSPS) is 11.5. The third-order valence-electron chi connectivity index (χ3n) is 4.49. The molecular weight excluding hydrogens is 366 g/mol. The molecule has 3 rings (SSSR count). The Balaban J connectivity index is 1.71. The van der Waals surface area contributed by atoms with Crippen LogP contribution in [0, 0.1) is 0 Å². The summed E-state index contributed by atoms with van der Waals surface area (Å²) in [5.41, 5.74) is 2.59. The number of hydrogen-bond donors (Lipinski definition) is 1. The number of carbonyl (C=O) groups excluding carboxylic acids is 3. The van der Waals surface area contributed by atoms with Crippen LogP contribution in [-0.2, 0) is 9.53 Å². The summed E-state index contributed by atoms with van der Waals surface area (Å²) >= 11 is 0. The Hall–Kier alpha value is -3.73. The number of hydrogen-bond acceptors (Lipinski definition) is 4. The Kier molecular flexibility index (Phi) is 6.53. The summed E-state index contributed by atoms with van der Waals surface area (Å²) in [6.45, 7) is 1.53. The van der Waals surface area contributed by atoms with Crippen molar-refractivity contribution in [3.63, 3.8) is 0 Å². The van der Waals surface area contributed by atoms with Crippen LogP contribution in [0.3, 0.4) is 0 Å². The van der Waals surface area contributed by atoms with Gasteiger partial charge in [0.05, 0.1) is 11.6 Å². The van der Waals surface area contributed by atoms with Crippen molar-refractivity contribution in [2.45, 2.75) is 19.1 Å². The minimum Gasteiger partial charge on any atom is -0.449 e. The Morgan fingerprint density at radius 3 is 1.83 bits per heavy atom. The van der Waals surface area contributed by atoms with Gasteiger partial charge in [-0.3, -0.25) is 9.59 Å². The first-order valence-corrected chi connectivity index (χ1v) is 9.25. The standard InChI is InChI=1S/C24H21NO4/c1-17(29-24(28)21-14-12-18(16-26)13-15-21)23(27)25-22(19-8-4-2-5-9-19)20-10-6-3-7-11-20/h2-17,22H,1H3,(H,25,27)/t17-/m1/s1. The molecule has 0 fully saturated rings. The number of nitrogens with one attached hydrogen (secondary N) is 1. The van der Waals surface area contributed by atoms with E-state index in [4.69, 9.17) is 4.74 Å². The van der Waals surface area contributed by atoms with Crippen LogP contribution < -0.4 is 5.32 Å². The molecule has 5 heteroatoms. The second kappa shape index (κ2) is 9.46. The molecule has 0 aromatic heterocycles. The van der Waals surface area contributed by atoms with Gasteiger partial charge in [-0.05, 0) is 30.2 Å². The van der Waals surface area contributed by atoms with Crippen LogP contribution in [-0.4, -0.2) is 24.3 Å². The molecule has 0 unspecified atom stereocenters. The van der Waals surface area contributed by atoms with Gasteiger partial charge >= 0.3 is 5.97 Å². The van der Waals surface area contributed by atoms with Gasteiger partial charge in [-0.25, -0.2) is 4.79 Å². The number of esters is 1. The summed E-state index contributed by atoms with van der Waals surface area (Å²) in [5.74, 6) is -1.03. The molecule has 0 aliphatic rings. The summed E-state index contributed by atoms with van der Waals surface area (Å²) in [6.07, 6.45) is -0.290. The number of rotatable bonds is 7. The maximum Gasteiger partial charge on any atom is 0.338 e. The van der Waals surface area contributed by atoms with Gasteiger partial charge in [-0.2, -0.15) is 0 Å². The zero-order valence-electron chi connectivity index (χ0n) is 15.9. The highest BCUT2D eigenvalue weighted by molar-refractivity contribution is 5.93. The Morgan fingerprint density at radius 2 is 1.34 bits per heavy atom. The van der Waals surface area contributed by atoms with Crippen molar-refractivity contribution < 1.29 is 19.1 Å². The molecule has 29 heavy (non-hydrogen) atoms. The van der Waals surface area contributed by atoms with E-state index in [0.717, 1.165) is 11.1 Å². The first-order chi connectivity index (χ1) is 14.1. The Bertz CT molecular complexity index is 929. The molecule has 5 nitrogen and oxygen atoms in total. The first kappa shape index (κ1) is 20.0. The van der Waals surface area contributed by atoms with Crippen LogP contribution in [0.1, 0.15) is 44.8 Å². The summed E-state index contributed by atoms with van der Waals surface area (Å²) in [6, 6.07) is 24.9. The number of amides is 1. The van der Waals surface area contributed by atoms with Crippen molar-refractivity contribution in [3.05, 3.63) is 107 Å². The highest BCUT2D eigenvalue weighted by Crippen LogP contribution is 2.22. The zero-order chi connectivity index (χ0) is 20.6. The molecule has 3 aromatic rings. The molecule has 0 radical (unpaired) electrons. The van der Waals surface area contributed by atoms with E-state index in [-0.39, 0.29) is 11.6 Å². The SMILES string of the molecule is C[C@@H](OC(=O)c1ccc(C=O)cc1)C(=O)NC(c1ccccc1)c1ccccc1.